The molecule has 0 aromatic heterocycles. The van der Waals surface area contributed by atoms with Crippen LogP contribution in [0.15, 0.2) is 0 Å². The summed E-state index contributed by atoms with van der Waals surface area (Å²) in [5.74, 6) is 0. The molecule has 0 aromatic rings. The van der Waals surface area contributed by atoms with Gasteiger partial charge in [-0.3, -0.25) is 4.90 Å². The Labute approximate surface area is 86.0 Å². The zero-order valence-corrected chi connectivity index (χ0v) is 9.04. The lowest BCUT2D eigenvalue weighted by Gasteiger charge is -2.31. The largest absolute Gasteiger partial charge is 0.389 e. The topological polar surface area (TPSA) is 32.7 Å². The van der Waals surface area contributed by atoms with Gasteiger partial charge >= 0.3 is 0 Å². The Morgan fingerprint density at radius 2 is 2.14 bits per heavy atom. The first kappa shape index (κ1) is 10.4. The van der Waals surface area contributed by atoms with Gasteiger partial charge in [-0.25, -0.2) is 0 Å². The van der Waals surface area contributed by atoms with E-state index in [1.165, 1.54) is 12.8 Å². The summed E-state index contributed by atoms with van der Waals surface area (Å²) >= 11 is 0. The molecule has 14 heavy (non-hydrogen) atoms. The predicted molar refractivity (Wildman–Crippen MR) is 55.3 cm³/mol. The molecule has 1 heterocycles. The van der Waals surface area contributed by atoms with E-state index in [4.69, 9.17) is 4.74 Å². The third-order valence-corrected chi connectivity index (χ3v) is 3.61. The minimum atomic E-state index is -0.405. The third kappa shape index (κ3) is 2.27. The Balaban J connectivity index is 1.83. The second kappa shape index (κ2) is 4.17. The molecule has 1 aliphatic carbocycles. The molecular weight excluding hydrogens is 178 g/mol. The highest BCUT2D eigenvalue weighted by atomic mass is 16.5. The molecular formula is C11H21NO2. The van der Waals surface area contributed by atoms with E-state index in [1.54, 1.807) is 0 Å². The molecule has 2 rings (SSSR count). The second-order valence-electron chi connectivity index (χ2n) is 4.86. The molecule has 1 atom stereocenters. The van der Waals surface area contributed by atoms with Crippen LogP contribution in [0.1, 0.15) is 32.1 Å². The SMILES string of the molecule is CN(CC1(O)CCCC1)C1CCOC1. The Morgan fingerprint density at radius 3 is 2.71 bits per heavy atom. The van der Waals surface area contributed by atoms with Crippen LogP contribution >= 0.6 is 0 Å². The van der Waals surface area contributed by atoms with Gasteiger partial charge in [0.25, 0.3) is 0 Å². The highest BCUT2D eigenvalue weighted by molar-refractivity contribution is 4.88. The molecule has 2 fully saturated rings. The fourth-order valence-corrected chi connectivity index (χ4v) is 2.65. The minimum Gasteiger partial charge on any atom is -0.389 e. The van der Waals surface area contributed by atoms with Gasteiger partial charge in [0.1, 0.15) is 0 Å². The van der Waals surface area contributed by atoms with Gasteiger partial charge in [-0.1, -0.05) is 12.8 Å². The van der Waals surface area contributed by atoms with Crippen LogP contribution in [0.4, 0.5) is 0 Å². The fraction of sp³-hybridized carbons (Fsp3) is 1.00. The van der Waals surface area contributed by atoms with Crippen molar-refractivity contribution in [1.82, 2.24) is 4.90 Å². The average molecular weight is 199 g/mol. The van der Waals surface area contributed by atoms with E-state index in [0.29, 0.717) is 6.04 Å². The first-order valence-corrected chi connectivity index (χ1v) is 5.70. The Morgan fingerprint density at radius 1 is 1.43 bits per heavy atom. The molecule has 1 aliphatic heterocycles. The number of likely N-dealkylation sites (N-methyl/N-ethyl adjacent to an activating group) is 1. The molecule has 1 unspecified atom stereocenters. The van der Waals surface area contributed by atoms with Crippen LogP contribution in [-0.4, -0.2) is 48.5 Å². The Hall–Kier alpha value is -0.120. The lowest BCUT2D eigenvalue weighted by molar-refractivity contribution is 0.00414. The van der Waals surface area contributed by atoms with E-state index in [-0.39, 0.29) is 0 Å². The number of nitrogens with zero attached hydrogens (tertiary/aromatic N) is 1. The zero-order chi connectivity index (χ0) is 10.0. The van der Waals surface area contributed by atoms with Crippen LogP contribution in [0.25, 0.3) is 0 Å². The summed E-state index contributed by atoms with van der Waals surface area (Å²) in [5, 5.41) is 10.2. The van der Waals surface area contributed by atoms with Gasteiger partial charge in [-0.2, -0.15) is 0 Å². The number of hydrogen-bond acceptors (Lipinski definition) is 3. The van der Waals surface area contributed by atoms with Crippen LogP contribution < -0.4 is 0 Å². The third-order valence-electron chi connectivity index (χ3n) is 3.61. The summed E-state index contributed by atoms with van der Waals surface area (Å²) in [5.41, 5.74) is -0.405. The maximum absolute atomic E-state index is 10.2. The van der Waals surface area contributed by atoms with E-state index in [0.717, 1.165) is 39.0 Å². The highest BCUT2D eigenvalue weighted by Crippen LogP contribution is 2.30. The number of aliphatic hydroxyl groups is 1. The van der Waals surface area contributed by atoms with Gasteiger partial charge in [-0.05, 0) is 26.3 Å². The summed E-state index contributed by atoms with van der Waals surface area (Å²) in [6, 6.07) is 0.527. The molecule has 1 N–H and O–H groups in total. The summed E-state index contributed by atoms with van der Waals surface area (Å²) in [6.07, 6.45) is 5.44. The molecule has 1 saturated heterocycles. The molecule has 82 valence electrons. The van der Waals surface area contributed by atoms with Gasteiger partial charge in [-0.15, -0.1) is 0 Å². The predicted octanol–water partition coefficient (Wildman–Crippen LogP) is 1.01. The minimum absolute atomic E-state index is 0.405. The lowest BCUT2D eigenvalue weighted by atomic mass is 10.0. The van der Waals surface area contributed by atoms with Gasteiger partial charge in [0.2, 0.25) is 0 Å². The van der Waals surface area contributed by atoms with Crippen LogP contribution in [-0.2, 0) is 4.74 Å². The molecule has 0 amide bonds. The van der Waals surface area contributed by atoms with Crippen molar-refractivity contribution >= 4 is 0 Å². The molecule has 0 bridgehead atoms. The van der Waals surface area contributed by atoms with Crippen LogP contribution in [0, 0.1) is 0 Å². The maximum atomic E-state index is 10.2. The Kier molecular flexibility index (Phi) is 3.10. The van der Waals surface area contributed by atoms with Crippen molar-refractivity contribution in [1.29, 1.82) is 0 Å². The first-order chi connectivity index (χ1) is 6.70. The molecule has 1 saturated carbocycles. The second-order valence-corrected chi connectivity index (χ2v) is 4.86. The van der Waals surface area contributed by atoms with Crippen molar-refractivity contribution in [3.05, 3.63) is 0 Å². The van der Waals surface area contributed by atoms with Crippen molar-refractivity contribution in [3.8, 4) is 0 Å². The van der Waals surface area contributed by atoms with E-state index in [2.05, 4.69) is 11.9 Å². The van der Waals surface area contributed by atoms with E-state index < -0.39 is 5.60 Å². The van der Waals surface area contributed by atoms with Gasteiger partial charge < -0.3 is 9.84 Å². The van der Waals surface area contributed by atoms with Crippen molar-refractivity contribution in [3.63, 3.8) is 0 Å². The molecule has 2 aliphatic rings. The first-order valence-electron chi connectivity index (χ1n) is 5.70. The maximum Gasteiger partial charge on any atom is 0.0774 e. The number of ether oxygens (including phenoxy) is 1. The van der Waals surface area contributed by atoms with E-state index in [1.807, 2.05) is 0 Å². The van der Waals surface area contributed by atoms with Crippen LogP contribution in [0.5, 0.6) is 0 Å². The van der Waals surface area contributed by atoms with Crippen molar-refractivity contribution in [2.75, 3.05) is 26.8 Å². The lowest BCUT2D eigenvalue weighted by Crippen LogP contribution is -2.44. The van der Waals surface area contributed by atoms with Gasteiger partial charge in [0.05, 0.1) is 12.2 Å². The molecule has 0 spiro atoms. The van der Waals surface area contributed by atoms with Crippen LogP contribution in [0.2, 0.25) is 0 Å². The highest BCUT2D eigenvalue weighted by Gasteiger charge is 2.34. The quantitative estimate of drug-likeness (QED) is 0.736. The summed E-state index contributed by atoms with van der Waals surface area (Å²) in [4.78, 5) is 2.28. The van der Waals surface area contributed by atoms with Gasteiger partial charge in [0.15, 0.2) is 0 Å². The zero-order valence-electron chi connectivity index (χ0n) is 9.04. The summed E-state index contributed by atoms with van der Waals surface area (Å²) in [7, 11) is 2.11. The number of hydrogen-bond donors (Lipinski definition) is 1. The fourth-order valence-electron chi connectivity index (χ4n) is 2.65. The molecule has 0 aromatic carbocycles. The summed E-state index contributed by atoms with van der Waals surface area (Å²) < 4.78 is 5.35. The smallest absolute Gasteiger partial charge is 0.0774 e. The van der Waals surface area contributed by atoms with Crippen molar-refractivity contribution in [2.24, 2.45) is 0 Å². The van der Waals surface area contributed by atoms with E-state index in [9.17, 15) is 5.11 Å². The van der Waals surface area contributed by atoms with Gasteiger partial charge in [0, 0.05) is 19.2 Å². The average Bonchev–Trinajstić information content (AvgIpc) is 2.74. The Bertz CT molecular complexity index is 184. The van der Waals surface area contributed by atoms with Crippen molar-refractivity contribution < 1.29 is 9.84 Å². The standard InChI is InChI=1S/C11H21NO2/c1-12(10-4-7-14-8-10)9-11(13)5-2-3-6-11/h10,13H,2-9H2,1H3. The normalized spacial score (nSPS) is 31.5. The van der Waals surface area contributed by atoms with Crippen molar-refractivity contribution in [2.45, 2.75) is 43.7 Å². The summed E-state index contributed by atoms with van der Waals surface area (Å²) in [6.45, 7) is 2.54. The molecule has 3 nitrogen and oxygen atoms in total. The molecule has 3 heteroatoms. The number of rotatable bonds is 3. The van der Waals surface area contributed by atoms with Crippen LogP contribution in [0.3, 0.4) is 0 Å². The molecule has 0 radical (unpaired) electrons. The van der Waals surface area contributed by atoms with E-state index >= 15 is 0 Å². The monoisotopic (exact) mass is 199 g/mol.